The zero-order valence-corrected chi connectivity index (χ0v) is 8.17. The summed E-state index contributed by atoms with van der Waals surface area (Å²) in [6, 6.07) is 7.34. The van der Waals surface area contributed by atoms with Crippen molar-refractivity contribution < 1.29 is 0 Å². The van der Waals surface area contributed by atoms with E-state index in [1.165, 1.54) is 0 Å². The zero-order valence-electron chi connectivity index (χ0n) is 7.42. The van der Waals surface area contributed by atoms with Crippen molar-refractivity contribution >= 4 is 11.6 Å². The summed E-state index contributed by atoms with van der Waals surface area (Å²) in [4.78, 5) is 0. The Kier molecular flexibility index (Phi) is 3.11. The van der Waals surface area contributed by atoms with Crippen LogP contribution in [0.15, 0.2) is 30.9 Å². The molecule has 0 bridgehead atoms. The van der Waals surface area contributed by atoms with E-state index in [1.807, 2.05) is 13.0 Å². The molecule has 0 aliphatic carbocycles. The second-order valence-corrected chi connectivity index (χ2v) is 3.28. The Morgan fingerprint density at radius 3 is 2.85 bits per heavy atom. The Morgan fingerprint density at radius 2 is 2.31 bits per heavy atom. The SMILES string of the molecule is C=CC(C)c1cc(C#N)ccc1Cl. The van der Waals surface area contributed by atoms with Crippen LogP contribution in [0.2, 0.25) is 5.02 Å². The van der Waals surface area contributed by atoms with Crippen LogP contribution in [0.5, 0.6) is 0 Å². The molecule has 13 heavy (non-hydrogen) atoms. The van der Waals surface area contributed by atoms with E-state index in [0.29, 0.717) is 10.6 Å². The molecule has 1 atom stereocenters. The summed E-state index contributed by atoms with van der Waals surface area (Å²) in [5.41, 5.74) is 1.59. The molecule has 1 unspecified atom stereocenters. The lowest BCUT2D eigenvalue weighted by Gasteiger charge is -2.08. The zero-order chi connectivity index (χ0) is 9.84. The molecule has 66 valence electrons. The minimum absolute atomic E-state index is 0.181. The molecule has 0 amide bonds. The quantitative estimate of drug-likeness (QED) is 0.657. The molecule has 0 N–H and O–H groups in total. The van der Waals surface area contributed by atoms with Crippen LogP contribution in [0.3, 0.4) is 0 Å². The lowest BCUT2D eigenvalue weighted by atomic mass is 9.99. The summed E-state index contributed by atoms with van der Waals surface area (Å²) in [5, 5.41) is 9.37. The van der Waals surface area contributed by atoms with Gasteiger partial charge in [0.25, 0.3) is 0 Å². The van der Waals surface area contributed by atoms with Crippen molar-refractivity contribution in [2.45, 2.75) is 12.8 Å². The average Bonchev–Trinajstić information content (AvgIpc) is 2.17. The minimum atomic E-state index is 0.181. The van der Waals surface area contributed by atoms with Crippen molar-refractivity contribution in [3.05, 3.63) is 47.0 Å². The van der Waals surface area contributed by atoms with E-state index in [2.05, 4.69) is 12.6 Å². The standard InChI is InChI=1S/C11H10ClN/c1-3-8(2)10-6-9(7-13)4-5-11(10)12/h3-6,8H,1H2,2H3. The second kappa shape index (κ2) is 4.11. The highest BCUT2D eigenvalue weighted by Gasteiger charge is 2.06. The highest BCUT2D eigenvalue weighted by molar-refractivity contribution is 6.31. The summed E-state index contributed by atoms with van der Waals surface area (Å²) in [7, 11) is 0. The van der Waals surface area contributed by atoms with Crippen LogP contribution in [0.4, 0.5) is 0 Å². The lowest BCUT2D eigenvalue weighted by Crippen LogP contribution is -1.91. The molecule has 0 aromatic heterocycles. The van der Waals surface area contributed by atoms with Gasteiger partial charge in [0.05, 0.1) is 11.6 Å². The monoisotopic (exact) mass is 191 g/mol. The fraction of sp³-hybridized carbons (Fsp3) is 0.182. The molecule has 1 rings (SSSR count). The van der Waals surface area contributed by atoms with Gasteiger partial charge >= 0.3 is 0 Å². The summed E-state index contributed by atoms with van der Waals surface area (Å²) in [6.45, 7) is 5.69. The Labute approximate surface area is 83.3 Å². The smallest absolute Gasteiger partial charge is 0.0991 e. The van der Waals surface area contributed by atoms with Gasteiger partial charge in [0.15, 0.2) is 0 Å². The van der Waals surface area contributed by atoms with Crippen LogP contribution >= 0.6 is 11.6 Å². The van der Waals surface area contributed by atoms with E-state index in [9.17, 15) is 0 Å². The van der Waals surface area contributed by atoms with Gasteiger partial charge in [-0.05, 0) is 23.8 Å². The molecule has 0 heterocycles. The van der Waals surface area contributed by atoms with E-state index in [4.69, 9.17) is 16.9 Å². The molecule has 0 spiro atoms. The Hall–Kier alpha value is -1.26. The van der Waals surface area contributed by atoms with E-state index >= 15 is 0 Å². The second-order valence-electron chi connectivity index (χ2n) is 2.87. The summed E-state index contributed by atoms with van der Waals surface area (Å²) >= 11 is 5.97. The first-order valence-electron chi connectivity index (χ1n) is 4.01. The van der Waals surface area contributed by atoms with Crippen LogP contribution in [0.1, 0.15) is 24.0 Å². The molecule has 0 saturated heterocycles. The number of allylic oxidation sites excluding steroid dienone is 1. The highest BCUT2D eigenvalue weighted by atomic mass is 35.5. The van der Waals surface area contributed by atoms with Gasteiger partial charge in [-0.15, -0.1) is 6.58 Å². The van der Waals surface area contributed by atoms with Gasteiger partial charge < -0.3 is 0 Å². The highest BCUT2D eigenvalue weighted by Crippen LogP contribution is 2.25. The summed E-state index contributed by atoms with van der Waals surface area (Å²) in [6.07, 6.45) is 1.81. The first kappa shape index (κ1) is 9.83. The van der Waals surface area contributed by atoms with Crippen LogP contribution in [0, 0.1) is 11.3 Å². The van der Waals surface area contributed by atoms with Crippen molar-refractivity contribution in [2.24, 2.45) is 0 Å². The number of hydrogen-bond donors (Lipinski definition) is 0. The Bertz CT molecular complexity index is 363. The van der Waals surface area contributed by atoms with Crippen LogP contribution < -0.4 is 0 Å². The maximum atomic E-state index is 8.69. The number of halogens is 1. The molecular weight excluding hydrogens is 182 g/mol. The van der Waals surface area contributed by atoms with Crippen molar-refractivity contribution in [1.29, 1.82) is 5.26 Å². The predicted molar refractivity (Wildman–Crippen MR) is 54.8 cm³/mol. The lowest BCUT2D eigenvalue weighted by molar-refractivity contribution is 0.970. The van der Waals surface area contributed by atoms with Gasteiger partial charge in [0.2, 0.25) is 0 Å². The number of rotatable bonds is 2. The molecule has 2 heteroatoms. The first-order chi connectivity index (χ1) is 6.19. The van der Waals surface area contributed by atoms with Crippen LogP contribution in [0.25, 0.3) is 0 Å². The molecular formula is C11H10ClN. The number of hydrogen-bond acceptors (Lipinski definition) is 1. The fourth-order valence-corrected chi connectivity index (χ4v) is 1.38. The molecule has 1 aromatic carbocycles. The molecule has 0 aliphatic rings. The third-order valence-electron chi connectivity index (χ3n) is 1.97. The molecule has 0 fully saturated rings. The van der Waals surface area contributed by atoms with Gasteiger partial charge in [-0.3, -0.25) is 0 Å². The molecule has 1 nitrogen and oxygen atoms in total. The third kappa shape index (κ3) is 2.11. The Balaban J connectivity index is 3.20. The van der Waals surface area contributed by atoms with Crippen molar-refractivity contribution in [1.82, 2.24) is 0 Å². The largest absolute Gasteiger partial charge is 0.192 e. The summed E-state index contributed by atoms with van der Waals surface area (Å²) in [5.74, 6) is 0.181. The van der Waals surface area contributed by atoms with E-state index < -0.39 is 0 Å². The maximum Gasteiger partial charge on any atom is 0.0991 e. The fourth-order valence-electron chi connectivity index (χ4n) is 1.09. The maximum absolute atomic E-state index is 8.69. The summed E-state index contributed by atoms with van der Waals surface area (Å²) < 4.78 is 0. The minimum Gasteiger partial charge on any atom is -0.192 e. The van der Waals surface area contributed by atoms with Gasteiger partial charge in [0.1, 0.15) is 0 Å². The average molecular weight is 192 g/mol. The van der Waals surface area contributed by atoms with E-state index in [-0.39, 0.29) is 5.92 Å². The van der Waals surface area contributed by atoms with Gasteiger partial charge in [-0.1, -0.05) is 24.6 Å². The van der Waals surface area contributed by atoms with Crippen LogP contribution in [-0.2, 0) is 0 Å². The molecule has 1 aromatic rings. The Morgan fingerprint density at radius 1 is 1.62 bits per heavy atom. The van der Waals surface area contributed by atoms with Gasteiger partial charge in [-0.25, -0.2) is 0 Å². The normalized spacial score (nSPS) is 11.8. The van der Waals surface area contributed by atoms with Gasteiger partial charge in [0, 0.05) is 10.9 Å². The molecule has 0 aliphatic heterocycles. The van der Waals surface area contributed by atoms with E-state index in [1.54, 1.807) is 18.2 Å². The van der Waals surface area contributed by atoms with Crippen molar-refractivity contribution in [3.63, 3.8) is 0 Å². The van der Waals surface area contributed by atoms with Gasteiger partial charge in [-0.2, -0.15) is 5.26 Å². The van der Waals surface area contributed by atoms with Crippen molar-refractivity contribution in [2.75, 3.05) is 0 Å². The van der Waals surface area contributed by atoms with E-state index in [0.717, 1.165) is 5.56 Å². The number of nitriles is 1. The molecule has 0 saturated carbocycles. The third-order valence-corrected chi connectivity index (χ3v) is 2.31. The molecule has 0 radical (unpaired) electrons. The predicted octanol–water partition coefficient (Wildman–Crippen LogP) is 3.50. The first-order valence-corrected chi connectivity index (χ1v) is 4.39. The topological polar surface area (TPSA) is 23.8 Å². The van der Waals surface area contributed by atoms with Crippen molar-refractivity contribution in [3.8, 4) is 6.07 Å². The number of nitrogens with zero attached hydrogens (tertiary/aromatic N) is 1. The number of benzene rings is 1. The van der Waals surface area contributed by atoms with Crippen LogP contribution in [-0.4, -0.2) is 0 Å².